The van der Waals surface area contributed by atoms with E-state index in [4.69, 9.17) is 16.3 Å². The Hall–Kier alpha value is -1.55. The molecule has 0 aliphatic rings. The lowest BCUT2D eigenvalue weighted by Crippen LogP contribution is -2.06. The Labute approximate surface area is 110 Å². The molecule has 0 unspecified atom stereocenters. The quantitative estimate of drug-likeness (QED) is 0.609. The SMILES string of the molecule is CCC(=CCOc1ccc(F)cc1Cl)C(=O)OC. The van der Waals surface area contributed by atoms with Crippen LogP contribution >= 0.6 is 11.6 Å². The molecule has 0 saturated heterocycles. The molecular weight excluding hydrogens is 259 g/mol. The summed E-state index contributed by atoms with van der Waals surface area (Å²) in [4.78, 5) is 11.3. The number of ether oxygens (including phenoxy) is 2. The molecule has 5 heteroatoms. The Morgan fingerprint density at radius 3 is 2.78 bits per heavy atom. The molecule has 0 aromatic heterocycles. The minimum absolute atomic E-state index is 0.170. The van der Waals surface area contributed by atoms with E-state index in [9.17, 15) is 9.18 Å². The van der Waals surface area contributed by atoms with Crippen LogP contribution in [0, 0.1) is 5.82 Å². The van der Waals surface area contributed by atoms with E-state index in [1.54, 1.807) is 6.08 Å². The summed E-state index contributed by atoms with van der Waals surface area (Å²) in [6, 6.07) is 3.86. The highest BCUT2D eigenvalue weighted by molar-refractivity contribution is 6.32. The lowest BCUT2D eigenvalue weighted by atomic mass is 10.2. The van der Waals surface area contributed by atoms with Gasteiger partial charge < -0.3 is 9.47 Å². The summed E-state index contributed by atoms with van der Waals surface area (Å²) in [5, 5.41) is 0.194. The van der Waals surface area contributed by atoms with Crippen LogP contribution in [0.4, 0.5) is 4.39 Å². The van der Waals surface area contributed by atoms with Gasteiger partial charge in [0.05, 0.1) is 12.1 Å². The monoisotopic (exact) mass is 272 g/mol. The van der Waals surface area contributed by atoms with Gasteiger partial charge in [-0.05, 0) is 30.7 Å². The van der Waals surface area contributed by atoms with Crippen molar-refractivity contribution in [2.24, 2.45) is 0 Å². The molecular formula is C13H14ClFO3. The fourth-order valence-corrected chi connectivity index (χ4v) is 1.55. The summed E-state index contributed by atoms with van der Waals surface area (Å²) in [5.41, 5.74) is 0.524. The van der Waals surface area contributed by atoms with Crippen LogP contribution in [0.5, 0.6) is 5.75 Å². The van der Waals surface area contributed by atoms with Gasteiger partial charge >= 0.3 is 5.97 Å². The summed E-state index contributed by atoms with van der Waals surface area (Å²) in [6.07, 6.45) is 2.17. The maximum absolute atomic E-state index is 12.8. The smallest absolute Gasteiger partial charge is 0.333 e. The molecule has 0 saturated carbocycles. The molecule has 1 aromatic rings. The lowest BCUT2D eigenvalue weighted by Gasteiger charge is -2.07. The van der Waals surface area contributed by atoms with Gasteiger partial charge in [-0.2, -0.15) is 0 Å². The van der Waals surface area contributed by atoms with E-state index in [2.05, 4.69) is 4.74 Å². The fourth-order valence-electron chi connectivity index (χ4n) is 1.33. The van der Waals surface area contributed by atoms with Gasteiger partial charge in [0.1, 0.15) is 18.2 Å². The number of hydrogen-bond acceptors (Lipinski definition) is 3. The molecule has 0 aliphatic heterocycles. The van der Waals surface area contributed by atoms with Crippen LogP contribution in [-0.2, 0) is 9.53 Å². The molecule has 18 heavy (non-hydrogen) atoms. The Bertz CT molecular complexity index is 458. The molecule has 98 valence electrons. The van der Waals surface area contributed by atoms with E-state index in [1.165, 1.54) is 25.3 Å². The highest BCUT2D eigenvalue weighted by Gasteiger charge is 2.07. The van der Waals surface area contributed by atoms with Crippen molar-refractivity contribution in [2.45, 2.75) is 13.3 Å². The maximum Gasteiger partial charge on any atom is 0.333 e. The van der Waals surface area contributed by atoms with Crippen LogP contribution in [-0.4, -0.2) is 19.7 Å². The third-order valence-corrected chi connectivity index (χ3v) is 2.59. The number of methoxy groups -OCH3 is 1. The third kappa shape index (κ3) is 4.04. The second-order valence-electron chi connectivity index (χ2n) is 3.46. The largest absolute Gasteiger partial charge is 0.488 e. The average Bonchev–Trinajstić information content (AvgIpc) is 2.36. The van der Waals surface area contributed by atoms with Gasteiger partial charge in [-0.15, -0.1) is 0 Å². The van der Waals surface area contributed by atoms with E-state index in [0.717, 1.165) is 0 Å². The molecule has 0 amide bonds. The number of esters is 1. The molecule has 0 spiro atoms. The summed E-state index contributed by atoms with van der Waals surface area (Å²) in [6.45, 7) is 2.01. The van der Waals surface area contributed by atoms with Crippen molar-refractivity contribution >= 4 is 17.6 Å². The van der Waals surface area contributed by atoms with Gasteiger partial charge in [-0.1, -0.05) is 18.5 Å². The van der Waals surface area contributed by atoms with Crippen molar-refractivity contribution in [1.82, 2.24) is 0 Å². The van der Waals surface area contributed by atoms with Crippen LogP contribution < -0.4 is 4.74 Å². The number of rotatable bonds is 5. The molecule has 1 rings (SSSR count). The van der Waals surface area contributed by atoms with Crippen molar-refractivity contribution in [1.29, 1.82) is 0 Å². The third-order valence-electron chi connectivity index (χ3n) is 2.29. The Kier molecular flexibility index (Phi) is 5.65. The van der Waals surface area contributed by atoms with Crippen molar-refractivity contribution in [2.75, 3.05) is 13.7 Å². The number of hydrogen-bond donors (Lipinski definition) is 0. The molecule has 1 aromatic carbocycles. The number of benzene rings is 1. The van der Waals surface area contributed by atoms with E-state index in [0.29, 0.717) is 17.7 Å². The molecule has 0 radical (unpaired) electrons. The predicted molar refractivity (Wildman–Crippen MR) is 67.3 cm³/mol. The molecule has 3 nitrogen and oxygen atoms in total. The fraction of sp³-hybridized carbons (Fsp3) is 0.308. The van der Waals surface area contributed by atoms with Crippen LogP contribution in [0.1, 0.15) is 13.3 Å². The summed E-state index contributed by atoms with van der Waals surface area (Å²) in [5.74, 6) is -0.437. The van der Waals surface area contributed by atoms with Gasteiger partial charge in [0, 0.05) is 5.57 Å². The number of carbonyl (C=O) groups excluding carboxylic acids is 1. The first kappa shape index (κ1) is 14.5. The van der Waals surface area contributed by atoms with E-state index in [-0.39, 0.29) is 17.6 Å². The normalized spacial score (nSPS) is 11.2. The predicted octanol–water partition coefficient (Wildman–Crippen LogP) is 3.37. The Balaban J connectivity index is 2.65. The topological polar surface area (TPSA) is 35.5 Å². The van der Waals surface area contributed by atoms with Crippen LogP contribution in [0.15, 0.2) is 29.8 Å². The lowest BCUT2D eigenvalue weighted by molar-refractivity contribution is -0.136. The first-order valence-corrected chi connectivity index (χ1v) is 5.81. The van der Waals surface area contributed by atoms with Crippen molar-refractivity contribution in [3.8, 4) is 5.75 Å². The second kappa shape index (κ2) is 7.01. The number of carbonyl (C=O) groups is 1. The minimum atomic E-state index is -0.424. The summed E-state index contributed by atoms with van der Waals surface area (Å²) in [7, 11) is 1.32. The van der Waals surface area contributed by atoms with E-state index >= 15 is 0 Å². The second-order valence-corrected chi connectivity index (χ2v) is 3.87. The molecule has 0 N–H and O–H groups in total. The van der Waals surface area contributed by atoms with Gasteiger partial charge in [-0.25, -0.2) is 9.18 Å². The van der Waals surface area contributed by atoms with Crippen molar-refractivity contribution in [3.63, 3.8) is 0 Å². The van der Waals surface area contributed by atoms with Crippen molar-refractivity contribution < 1.29 is 18.7 Å². The minimum Gasteiger partial charge on any atom is -0.488 e. The van der Waals surface area contributed by atoms with Crippen molar-refractivity contribution in [3.05, 3.63) is 40.7 Å². The average molecular weight is 273 g/mol. The summed E-state index contributed by atoms with van der Waals surface area (Å²) >= 11 is 5.79. The zero-order valence-electron chi connectivity index (χ0n) is 10.2. The first-order chi connectivity index (χ1) is 8.58. The highest BCUT2D eigenvalue weighted by atomic mass is 35.5. The zero-order valence-corrected chi connectivity index (χ0v) is 11.0. The molecule has 0 atom stereocenters. The Morgan fingerprint density at radius 1 is 1.50 bits per heavy atom. The van der Waals surface area contributed by atoms with Gasteiger partial charge in [0.25, 0.3) is 0 Å². The molecule has 0 aliphatic carbocycles. The van der Waals surface area contributed by atoms with Gasteiger partial charge in [0.15, 0.2) is 0 Å². The molecule has 0 bridgehead atoms. The first-order valence-electron chi connectivity index (χ1n) is 5.43. The Morgan fingerprint density at radius 2 is 2.22 bits per heavy atom. The van der Waals surface area contributed by atoms with Crippen LogP contribution in [0.2, 0.25) is 5.02 Å². The zero-order chi connectivity index (χ0) is 13.5. The van der Waals surface area contributed by atoms with Gasteiger partial charge in [-0.3, -0.25) is 0 Å². The standard InChI is InChI=1S/C13H14ClFO3/c1-3-9(13(16)17-2)6-7-18-12-5-4-10(15)8-11(12)14/h4-6,8H,3,7H2,1-2H3. The maximum atomic E-state index is 12.8. The highest BCUT2D eigenvalue weighted by Crippen LogP contribution is 2.24. The van der Waals surface area contributed by atoms with Crippen LogP contribution in [0.3, 0.4) is 0 Å². The molecule has 0 fully saturated rings. The van der Waals surface area contributed by atoms with E-state index in [1.807, 2.05) is 6.92 Å². The molecule has 0 heterocycles. The van der Waals surface area contributed by atoms with Crippen LogP contribution in [0.25, 0.3) is 0 Å². The van der Waals surface area contributed by atoms with E-state index < -0.39 is 5.82 Å². The number of halogens is 2. The van der Waals surface area contributed by atoms with Gasteiger partial charge in [0.2, 0.25) is 0 Å². The summed E-state index contributed by atoms with van der Waals surface area (Å²) < 4.78 is 22.7.